The lowest BCUT2D eigenvalue weighted by atomic mass is 10.1. The van der Waals surface area contributed by atoms with Crippen molar-refractivity contribution in [1.82, 2.24) is 15.0 Å². The van der Waals surface area contributed by atoms with Crippen molar-refractivity contribution in [2.24, 2.45) is 5.73 Å². The molecule has 2 aromatic carbocycles. The third-order valence-electron chi connectivity index (χ3n) is 4.42. The number of fused-ring (bicyclic) bond motifs is 1. The van der Waals surface area contributed by atoms with E-state index in [1.54, 1.807) is 0 Å². The number of nitrogens with zero attached hydrogens (tertiary/aromatic N) is 1. The first-order valence-electron chi connectivity index (χ1n) is 8.15. The molecule has 0 saturated carbocycles. The van der Waals surface area contributed by atoms with E-state index in [-0.39, 0.29) is 6.04 Å². The molecule has 0 saturated heterocycles. The molecule has 2 heterocycles. The zero-order chi connectivity index (χ0) is 16.5. The second kappa shape index (κ2) is 5.98. The summed E-state index contributed by atoms with van der Waals surface area (Å²) in [4.78, 5) is 11.4. The Balaban J connectivity index is 1.62. The lowest BCUT2D eigenvalue weighted by molar-refractivity contribution is 0.679. The van der Waals surface area contributed by atoms with Crippen molar-refractivity contribution in [3.05, 3.63) is 77.9 Å². The summed E-state index contributed by atoms with van der Waals surface area (Å²) in [6, 6.07) is 18.3. The number of aryl methyl sites for hydroxylation is 1. The minimum absolute atomic E-state index is 0.166. The fraction of sp³-hybridized carbons (Fsp3) is 0.150. The molecular formula is C20H20N4. The highest BCUT2D eigenvalue weighted by Crippen LogP contribution is 2.25. The van der Waals surface area contributed by atoms with E-state index in [4.69, 9.17) is 10.7 Å². The summed E-state index contributed by atoms with van der Waals surface area (Å²) in [5, 5.41) is 1.22. The number of nitrogens with one attached hydrogen (secondary N) is 2. The summed E-state index contributed by atoms with van der Waals surface area (Å²) in [6.45, 7) is 2.04. The third-order valence-corrected chi connectivity index (χ3v) is 4.42. The number of nitrogens with two attached hydrogens (primary N) is 1. The SMILES string of the molecule is Cc1[nH]c(C(N)Cc2c[nH]c3ccccc23)nc1-c1ccccc1. The Morgan fingerprint density at radius 1 is 1.04 bits per heavy atom. The van der Waals surface area contributed by atoms with Gasteiger partial charge in [-0.15, -0.1) is 0 Å². The third kappa shape index (κ3) is 2.61. The van der Waals surface area contributed by atoms with E-state index in [0.717, 1.165) is 34.7 Å². The monoisotopic (exact) mass is 316 g/mol. The van der Waals surface area contributed by atoms with Gasteiger partial charge in [-0.05, 0) is 25.0 Å². The minimum atomic E-state index is -0.166. The average Bonchev–Trinajstić information content (AvgIpc) is 3.20. The van der Waals surface area contributed by atoms with E-state index in [0.29, 0.717) is 0 Å². The van der Waals surface area contributed by atoms with E-state index in [1.807, 2.05) is 37.4 Å². The molecule has 1 unspecified atom stereocenters. The molecule has 4 heteroatoms. The molecule has 0 aliphatic rings. The van der Waals surface area contributed by atoms with Gasteiger partial charge in [0.1, 0.15) is 5.82 Å². The van der Waals surface area contributed by atoms with Gasteiger partial charge in [0.15, 0.2) is 0 Å². The highest BCUT2D eigenvalue weighted by atomic mass is 15.0. The van der Waals surface area contributed by atoms with E-state index < -0.39 is 0 Å². The molecule has 0 spiro atoms. The number of benzene rings is 2. The van der Waals surface area contributed by atoms with Gasteiger partial charge in [-0.3, -0.25) is 0 Å². The molecule has 4 N–H and O–H groups in total. The van der Waals surface area contributed by atoms with Crippen LogP contribution in [0, 0.1) is 6.92 Å². The number of H-pyrrole nitrogens is 2. The van der Waals surface area contributed by atoms with Gasteiger partial charge in [0.25, 0.3) is 0 Å². The van der Waals surface area contributed by atoms with Crippen LogP contribution in [0.4, 0.5) is 0 Å². The lowest BCUT2D eigenvalue weighted by Gasteiger charge is -2.08. The van der Waals surface area contributed by atoms with Crippen molar-refractivity contribution in [1.29, 1.82) is 0 Å². The van der Waals surface area contributed by atoms with E-state index in [2.05, 4.69) is 40.3 Å². The number of hydrogen-bond acceptors (Lipinski definition) is 2. The maximum atomic E-state index is 6.43. The molecule has 0 fully saturated rings. The van der Waals surface area contributed by atoms with Crippen LogP contribution in [0.25, 0.3) is 22.2 Å². The van der Waals surface area contributed by atoms with Crippen LogP contribution in [0.5, 0.6) is 0 Å². The molecular weight excluding hydrogens is 296 g/mol. The largest absolute Gasteiger partial charge is 0.361 e. The first-order chi connectivity index (χ1) is 11.7. The van der Waals surface area contributed by atoms with Gasteiger partial charge in [0.05, 0.1) is 11.7 Å². The predicted octanol–water partition coefficient (Wildman–Crippen LogP) is 4.11. The maximum Gasteiger partial charge on any atom is 0.124 e. The highest BCUT2D eigenvalue weighted by molar-refractivity contribution is 5.83. The van der Waals surface area contributed by atoms with Gasteiger partial charge in [-0.1, -0.05) is 48.5 Å². The van der Waals surface area contributed by atoms with Crippen molar-refractivity contribution in [2.45, 2.75) is 19.4 Å². The summed E-state index contributed by atoms with van der Waals surface area (Å²) in [6.07, 6.45) is 2.78. The molecule has 2 aromatic heterocycles. The number of aromatic nitrogens is 3. The summed E-state index contributed by atoms with van der Waals surface area (Å²) in [5.74, 6) is 0.830. The lowest BCUT2D eigenvalue weighted by Crippen LogP contribution is -2.15. The predicted molar refractivity (Wildman–Crippen MR) is 97.7 cm³/mol. The zero-order valence-electron chi connectivity index (χ0n) is 13.6. The molecule has 1 atom stereocenters. The molecule has 4 rings (SSSR count). The normalized spacial score (nSPS) is 12.6. The van der Waals surface area contributed by atoms with Crippen molar-refractivity contribution >= 4 is 10.9 Å². The standard InChI is InChI=1S/C20H20N4/c1-13-19(14-7-3-2-4-8-14)24-20(23-13)17(21)11-15-12-22-18-10-6-5-9-16(15)18/h2-10,12,17,22H,11,21H2,1H3,(H,23,24). The van der Waals surface area contributed by atoms with Gasteiger partial charge >= 0.3 is 0 Å². The summed E-state index contributed by atoms with van der Waals surface area (Å²) in [5.41, 5.74) is 11.9. The molecule has 4 aromatic rings. The van der Waals surface area contributed by atoms with Crippen LogP contribution in [0.15, 0.2) is 60.8 Å². The van der Waals surface area contributed by atoms with Gasteiger partial charge in [0, 0.05) is 28.4 Å². The molecule has 24 heavy (non-hydrogen) atoms. The Bertz CT molecular complexity index is 966. The summed E-state index contributed by atoms with van der Waals surface area (Å²) >= 11 is 0. The molecule has 4 nitrogen and oxygen atoms in total. The van der Waals surface area contributed by atoms with E-state index >= 15 is 0 Å². The Morgan fingerprint density at radius 3 is 2.62 bits per heavy atom. The van der Waals surface area contributed by atoms with Gasteiger partial charge in [0.2, 0.25) is 0 Å². The van der Waals surface area contributed by atoms with Gasteiger partial charge in [-0.2, -0.15) is 0 Å². The van der Waals surface area contributed by atoms with Crippen LogP contribution >= 0.6 is 0 Å². The minimum Gasteiger partial charge on any atom is -0.361 e. The average molecular weight is 316 g/mol. The van der Waals surface area contributed by atoms with Crippen LogP contribution in [0.3, 0.4) is 0 Å². The van der Waals surface area contributed by atoms with Crippen molar-refractivity contribution < 1.29 is 0 Å². The number of imidazole rings is 1. The zero-order valence-corrected chi connectivity index (χ0v) is 13.6. The number of para-hydroxylation sites is 1. The van der Waals surface area contributed by atoms with Crippen LogP contribution in [0.2, 0.25) is 0 Å². The molecule has 0 aliphatic carbocycles. The Labute approximate surface area is 140 Å². The topological polar surface area (TPSA) is 70.5 Å². The Kier molecular flexibility index (Phi) is 3.67. The van der Waals surface area contributed by atoms with Crippen LogP contribution in [0.1, 0.15) is 23.1 Å². The van der Waals surface area contributed by atoms with Crippen molar-refractivity contribution in [3.8, 4) is 11.3 Å². The van der Waals surface area contributed by atoms with Crippen LogP contribution in [-0.4, -0.2) is 15.0 Å². The van der Waals surface area contributed by atoms with Crippen LogP contribution in [-0.2, 0) is 6.42 Å². The van der Waals surface area contributed by atoms with Gasteiger partial charge in [-0.25, -0.2) is 4.98 Å². The number of aromatic amines is 2. The smallest absolute Gasteiger partial charge is 0.124 e. The fourth-order valence-electron chi connectivity index (χ4n) is 3.17. The molecule has 0 amide bonds. The Hall–Kier alpha value is -2.85. The van der Waals surface area contributed by atoms with E-state index in [1.165, 1.54) is 10.9 Å². The van der Waals surface area contributed by atoms with E-state index in [9.17, 15) is 0 Å². The molecule has 0 aliphatic heterocycles. The van der Waals surface area contributed by atoms with Crippen molar-refractivity contribution in [2.75, 3.05) is 0 Å². The molecule has 120 valence electrons. The fourth-order valence-corrected chi connectivity index (χ4v) is 3.17. The summed E-state index contributed by atoms with van der Waals surface area (Å²) < 4.78 is 0. The quantitative estimate of drug-likeness (QED) is 0.530. The Morgan fingerprint density at radius 2 is 1.79 bits per heavy atom. The second-order valence-electron chi connectivity index (χ2n) is 6.13. The number of hydrogen-bond donors (Lipinski definition) is 3. The molecule has 0 bridgehead atoms. The van der Waals surface area contributed by atoms with Crippen LogP contribution < -0.4 is 5.73 Å². The van der Waals surface area contributed by atoms with Gasteiger partial charge < -0.3 is 15.7 Å². The first-order valence-corrected chi connectivity index (χ1v) is 8.15. The highest BCUT2D eigenvalue weighted by Gasteiger charge is 2.16. The first kappa shape index (κ1) is 14.7. The van der Waals surface area contributed by atoms with Crippen molar-refractivity contribution in [3.63, 3.8) is 0 Å². The molecule has 0 radical (unpaired) electrons. The summed E-state index contributed by atoms with van der Waals surface area (Å²) in [7, 11) is 0. The maximum absolute atomic E-state index is 6.43. The number of rotatable bonds is 4. The second-order valence-corrected chi connectivity index (χ2v) is 6.13.